The quantitative estimate of drug-likeness (QED) is 0.690. The average Bonchev–Trinajstić information content (AvgIpc) is 2.54. The molecule has 1 amide bonds. The van der Waals surface area contributed by atoms with Crippen molar-refractivity contribution in [2.75, 3.05) is 6.54 Å². The molecule has 0 aliphatic carbocycles. The van der Waals surface area contributed by atoms with Crippen LogP contribution in [0.15, 0.2) is 48.8 Å². The Labute approximate surface area is 125 Å². The molecule has 2 rings (SSSR count). The number of pyridine rings is 1. The van der Waals surface area contributed by atoms with E-state index >= 15 is 0 Å². The van der Waals surface area contributed by atoms with Gasteiger partial charge in [0, 0.05) is 24.5 Å². The molecule has 0 unspecified atom stereocenters. The van der Waals surface area contributed by atoms with Crippen LogP contribution in [0.5, 0.6) is 0 Å². The molecule has 1 aromatic carbocycles. The summed E-state index contributed by atoms with van der Waals surface area (Å²) in [5, 5.41) is 2.90. The maximum atomic E-state index is 12.1. The number of carbonyl (C=O) groups excluding carboxylic acids is 1. The fraction of sp³-hybridized carbons (Fsp3) is 0.222. The van der Waals surface area contributed by atoms with Crippen molar-refractivity contribution < 1.29 is 4.79 Å². The molecule has 3 heteroatoms. The summed E-state index contributed by atoms with van der Waals surface area (Å²) in [6.45, 7) is 2.78. The van der Waals surface area contributed by atoms with Gasteiger partial charge < -0.3 is 5.32 Å². The summed E-state index contributed by atoms with van der Waals surface area (Å²) in [6, 6.07) is 11.4. The highest BCUT2D eigenvalue weighted by Crippen LogP contribution is 2.06. The van der Waals surface area contributed by atoms with Gasteiger partial charge in [0.1, 0.15) is 0 Å². The molecule has 0 aliphatic rings. The van der Waals surface area contributed by atoms with Crippen LogP contribution in [0, 0.1) is 11.8 Å². The Bertz CT molecular complexity index is 654. The van der Waals surface area contributed by atoms with Gasteiger partial charge in [-0.25, -0.2) is 0 Å². The molecule has 0 fully saturated rings. The summed E-state index contributed by atoms with van der Waals surface area (Å²) < 4.78 is 0. The SMILES string of the molecule is CCCCNC(=O)c1ccncc1C#Cc1ccccc1. The molecule has 2 aromatic rings. The first-order valence-electron chi connectivity index (χ1n) is 7.10. The monoisotopic (exact) mass is 278 g/mol. The molecule has 106 valence electrons. The fourth-order valence-corrected chi connectivity index (χ4v) is 1.83. The highest BCUT2D eigenvalue weighted by Gasteiger charge is 2.08. The molecule has 0 spiro atoms. The van der Waals surface area contributed by atoms with Gasteiger partial charge in [0.25, 0.3) is 5.91 Å². The van der Waals surface area contributed by atoms with Crippen LogP contribution < -0.4 is 5.32 Å². The summed E-state index contributed by atoms with van der Waals surface area (Å²) in [7, 11) is 0. The van der Waals surface area contributed by atoms with Crippen LogP contribution in [-0.4, -0.2) is 17.4 Å². The molecule has 0 radical (unpaired) electrons. The Morgan fingerprint density at radius 3 is 2.76 bits per heavy atom. The Balaban J connectivity index is 2.18. The molecule has 0 atom stereocenters. The van der Waals surface area contributed by atoms with E-state index in [0.717, 1.165) is 18.4 Å². The minimum absolute atomic E-state index is 0.0942. The van der Waals surface area contributed by atoms with Gasteiger partial charge in [-0.1, -0.05) is 43.4 Å². The van der Waals surface area contributed by atoms with Gasteiger partial charge in [-0.2, -0.15) is 0 Å². The number of hydrogen-bond acceptors (Lipinski definition) is 2. The van der Waals surface area contributed by atoms with Crippen molar-refractivity contribution in [1.82, 2.24) is 10.3 Å². The number of unbranched alkanes of at least 4 members (excludes halogenated alkanes) is 1. The molecule has 1 N–H and O–H groups in total. The molecule has 1 heterocycles. The largest absolute Gasteiger partial charge is 0.352 e. The van der Waals surface area contributed by atoms with Crippen LogP contribution in [0.25, 0.3) is 0 Å². The number of aromatic nitrogens is 1. The van der Waals surface area contributed by atoms with Gasteiger partial charge >= 0.3 is 0 Å². The minimum atomic E-state index is -0.0942. The third-order valence-corrected chi connectivity index (χ3v) is 3.00. The predicted molar refractivity (Wildman–Crippen MR) is 83.9 cm³/mol. The maximum Gasteiger partial charge on any atom is 0.252 e. The van der Waals surface area contributed by atoms with Crippen LogP contribution in [-0.2, 0) is 0 Å². The van der Waals surface area contributed by atoms with Crippen molar-refractivity contribution in [3.8, 4) is 11.8 Å². The van der Waals surface area contributed by atoms with Crippen molar-refractivity contribution in [1.29, 1.82) is 0 Å². The van der Waals surface area contributed by atoms with Crippen LogP contribution in [0.3, 0.4) is 0 Å². The standard InChI is InChI=1S/C18H18N2O/c1-2-3-12-20-18(21)17-11-13-19-14-16(17)10-9-15-7-5-4-6-8-15/h4-8,11,13-14H,2-3,12H2,1H3,(H,20,21). The Morgan fingerprint density at radius 1 is 1.19 bits per heavy atom. The first kappa shape index (κ1) is 14.8. The number of carbonyl (C=O) groups is 1. The molecular formula is C18H18N2O. The number of nitrogens with zero attached hydrogens (tertiary/aromatic N) is 1. The van der Waals surface area contributed by atoms with Gasteiger partial charge in [0.15, 0.2) is 0 Å². The lowest BCUT2D eigenvalue weighted by Gasteiger charge is -2.05. The second kappa shape index (κ2) is 7.86. The lowest BCUT2D eigenvalue weighted by atomic mass is 10.1. The second-order valence-corrected chi connectivity index (χ2v) is 4.65. The van der Waals surface area contributed by atoms with Crippen LogP contribution in [0.4, 0.5) is 0 Å². The Morgan fingerprint density at radius 2 is 2.00 bits per heavy atom. The molecule has 21 heavy (non-hydrogen) atoms. The molecule has 0 aliphatic heterocycles. The maximum absolute atomic E-state index is 12.1. The van der Waals surface area contributed by atoms with Gasteiger partial charge in [-0.15, -0.1) is 0 Å². The molecule has 0 saturated carbocycles. The van der Waals surface area contributed by atoms with Gasteiger partial charge in [0.05, 0.1) is 11.1 Å². The summed E-state index contributed by atoms with van der Waals surface area (Å²) >= 11 is 0. The van der Waals surface area contributed by atoms with E-state index in [9.17, 15) is 4.79 Å². The molecule has 1 aromatic heterocycles. The van der Waals surface area contributed by atoms with E-state index in [1.54, 1.807) is 18.5 Å². The third-order valence-electron chi connectivity index (χ3n) is 3.00. The lowest BCUT2D eigenvalue weighted by molar-refractivity contribution is 0.0953. The van der Waals surface area contributed by atoms with Crippen LogP contribution in [0.1, 0.15) is 41.3 Å². The summed E-state index contributed by atoms with van der Waals surface area (Å²) in [5.41, 5.74) is 2.14. The van der Waals surface area contributed by atoms with E-state index < -0.39 is 0 Å². The number of amides is 1. The van der Waals surface area contributed by atoms with E-state index in [-0.39, 0.29) is 5.91 Å². The normalized spacial score (nSPS) is 9.57. The van der Waals surface area contributed by atoms with Crippen molar-refractivity contribution in [3.05, 3.63) is 65.5 Å². The number of benzene rings is 1. The fourth-order valence-electron chi connectivity index (χ4n) is 1.83. The topological polar surface area (TPSA) is 42.0 Å². The van der Waals surface area contributed by atoms with Crippen molar-refractivity contribution >= 4 is 5.91 Å². The molecule has 0 bridgehead atoms. The zero-order chi connectivity index (χ0) is 14.9. The zero-order valence-corrected chi connectivity index (χ0v) is 12.1. The van der Waals surface area contributed by atoms with E-state index in [2.05, 4.69) is 29.1 Å². The molecule has 0 saturated heterocycles. The van der Waals surface area contributed by atoms with Gasteiger partial charge in [0.2, 0.25) is 0 Å². The summed E-state index contributed by atoms with van der Waals surface area (Å²) in [4.78, 5) is 16.2. The Kier molecular flexibility index (Phi) is 5.54. The highest BCUT2D eigenvalue weighted by atomic mass is 16.1. The second-order valence-electron chi connectivity index (χ2n) is 4.65. The van der Waals surface area contributed by atoms with E-state index in [1.165, 1.54) is 0 Å². The zero-order valence-electron chi connectivity index (χ0n) is 12.1. The average molecular weight is 278 g/mol. The smallest absolute Gasteiger partial charge is 0.252 e. The highest BCUT2D eigenvalue weighted by molar-refractivity contribution is 5.96. The summed E-state index contributed by atoms with van der Waals surface area (Å²) in [5.74, 6) is 5.99. The van der Waals surface area contributed by atoms with Crippen LogP contribution >= 0.6 is 0 Å². The first-order valence-corrected chi connectivity index (χ1v) is 7.10. The third kappa shape index (κ3) is 4.47. The van der Waals surface area contributed by atoms with E-state index in [0.29, 0.717) is 17.7 Å². The van der Waals surface area contributed by atoms with E-state index in [1.807, 2.05) is 30.3 Å². The first-order chi connectivity index (χ1) is 10.3. The number of hydrogen-bond donors (Lipinski definition) is 1. The minimum Gasteiger partial charge on any atom is -0.352 e. The molecular weight excluding hydrogens is 260 g/mol. The van der Waals surface area contributed by atoms with Gasteiger partial charge in [-0.3, -0.25) is 9.78 Å². The van der Waals surface area contributed by atoms with Gasteiger partial charge in [-0.05, 0) is 24.6 Å². The van der Waals surface area contributed by atoms with Crippen molar-refractivity contribution in [2.24, 2.45) is 0 Å². The number of rotatable bonds is 4. The van der Waals surface area contributed by atoms with E-state index in [4.69, 9.17) is 0 Å². The van der Waals surface area contributed by atoms with Crippen molar-refractivity contribution in [2.45, 2.75) is 19.8 Å². The Hall–Kier alpha value is -2.60. The van der Waals surface area contributed by atoms with Crippen LogP contribution in [0.2, 0.25) is 0 Å². The molecule has 3 nitrogen and oxygen atoms in total. The number of nitrogens with one attached hydrogen (secondary N) is 1. The summed E-state index contributed by atoms with van der Waals surface area (Å²) in [6.07, 6.45) is 5.27. The predicted octanol–water partition coefficient (Wildman–Crippen LogP) is 3.01. The van der Waals surface area contributed by atoms with Crippen molar-refractivity contribution in [3.63, 3.8) is 0 Å². The lowest BCUT2D eigenvalue weighted by Crippen LogP contribution is -2.25.